The third-order valence-corrected chi connectivity index (χ3v) is 13.0. The maximum Gasteiger partial charge on any atom is 0.472 e. The van der Waals surface area contributed by atoms with Crippen molar-refractivity contribution in [3.63, 3.8) is 0 Å². The minimum absolute atomic E-state index is 0.0201. The summed E-state index contributed by atoms with van der Waals surface area (Å²) in [6.07, 6.45) is 25.2. The molecule has 2 atom stereocenters. The lowest BCUT2D eigenvalue weighted by molar-refractivity contribution is -0.870. The molecule has 1 N–H and O–H groups in total. The number of carbonyl (C=O) groups is 2. The number of aryl methyl sites for hydroxylation is 4. The molecule has 62 heavy (non-hydrogen) atoms. The standard InChI is InChI=1S/C50H88NO10P/c1-10-12-25-31-46-42(5)43(6)48(61-46)33-27-22-17-13-15-19-23-28-34-49(52)56-38-44(39-58-62(54,55)57-37-36-51(7,8)9)59-50(53)35-29-24-20-16-14-18-21-26-32-47-41(4)40(3)45(60-47)30-11-2/h44H,10-39H2,1-9H3/p+1. The number of quaternary nitrogens is 1. The van der Waals surface area contributed by atoms with E-state index in [1.165, 1.54) is 79.4 Å². The number of hydrogen-bond donors (Lipinski definition) is 1. The van der Waals surface area contributed by atoms with Crippen molar-refractivity contribution >= 4 is 19.8 Å². The van der Waals surface area contributed by atoms with Crippen molar-refractivity contribution in [1.82, 2.24) is 0 Å². The molecule has 0 spiro atoms. The first kappa shape index (κ1) is 55.7. The molecule has 2 aromatic rings. The summed E-state index contributed by atoms with van der Waals surface area (Å²) in [5, 5.41) is 0. The Morgan fingerprint density at radius 3 is 1.39 bits per heavy atom. The molecule has 0 saturated carbocycles. The van der Waals surface area contributed by atoms with Crippen molar-refractivity contribution in [1.29, 1.82) is 0 Å². The van der Waals surface area contributed by atoms with Gasteiger partial charge in [-0.15, -0.1) is 0 Å². The van der Waals surface area contributed by atoms with Gasteiger partial charge in [0.15, 0.2) is 6.10 Å². The predicted molar refractivity (Wildman–Crippen MR) is 250 cm³/mol. The van der Waals surface area contributed by atoms with Gasteiger partial charge in [0.25, 0.3) is 0 Å². The van der Waals surface area contributed by atoms with Crippen LogP contribution in [0.2, 0.25) is 0 Å². The van der Waals surface area contributed by atoms with E-state index in [0.29, 0.717) is 23.9 Å². The van der Waals surface area contributed by atoms with Crippen LogP contribution in [0.4, 0.5) is 0 Å². The summed E-state index contributed by atoms with van der Waals surface area (Å²) in [6.45, 7) is 13.0. The maximum atomic E-state index is 12.8. The van der Waals surface area contributed by atoms with Gasteiger partial charge in [-0.3, -0.25) is 18.6 Å². The molecule has 2 heterocycles. The first-order valence-corrected chi connectivity index (χ1v) is 26.0. The third-order valence-electron chi connectivity index (χ3n) is 12.0. The van der Waals surface area contributed by atoms with E-state index in [0.717, 1.165) is 107 Å². The smallest absolute Gasteiger partial charge is 0.466 e. The second kappa shape index (κ2) is 31.4. The van der Waals surface area contributed by atoms with E-state index in [4.69, 9.17) is 27.4 Å². The quantitative estimate of drug-likeness (QED) is 0.0300. The molecule has 0 aliphatic rings. The minimum Gasteiger partial charge on any atom is -0.466 e. The van der Waals surface area contributed by atoms with E-state index >= 15 is 0 Å². The van der Waals surface area contributed by atoms with Crippen LogP contribution in [0.3, 0.4) is 0 Å². The van der Waals surface area contributed by atoms with E-state index < -0.39 is 26.5 Å². The van der Waals surface area contributed by atoms with E-state index in [1.807, 2.05) is 21.1 Å². The average molecular weight is 895 g/mol. The Bertz CT molecular complexity index is 1570. The fourth-order valence-electron chi connectivity index (χ4n) is 7.65. The molecule has 0 amide bonds. The zero-order valence-electron chi connectivity index (χ0n) is 40.8. The lowest BCUT2D eigenvalue weighted by Gasteiger charge is -2.24. The molecule has 0 aliphatic carbocycles. The second-order valence-electron chi connectivity index (χ2n) is 18.7. The number of likely N-dealkylation sites (N-methyl/N-ethyl adjacent to an activating group) is 1. The van der Waals surface area contributed by atoms with Crippen LogP contribution in [0.25, 0.3) is 0 Å². The van der Waals surface area contributed by atoms with Gasteiger partial charge >= 0.3 is 19.8 Å². The molecular formula is C50H89NO10P+. The van der Waals surface area contributed by atoms with Crippen molar-refractivity contribution in [3.8, 4) is 0 Å². The number of carbonyl (C=O) groups excluding carboxylic acids is 2. The van der Waals surface area contributed by atoms with Gasteiger partial charge in [0.2, 0.25) is 0 Å². The van der Waals surface area contributed by atoms with E-state index in [2.05, 4.69) is 41.5 Å². The molecule has 0 aliphatic heterocycles. The van der Waals surface area contributed by atoms with Gasteiger partial charge in [-0.1, -0.05) is 104 Å². The van der Waals surface area contributed by atoms with Crippen LogP contribution < -0.4 is 0 Å². The Morgan fingerprint density at radius 1 is 0.548 bits per heavy atom. The first-order chi connectivity index (χ1) is 29.6. The largest absolute Gasteiger partial charge is 0.472 e. The fourth-order valence-corrected chi connectivity index (χ4v) is 8.39. The normalized spacial score (nSPS) is 13.4. The highest BCUT2D eigenvalue weighted by atomic mass is 31.2. The van der Waals surface area contributed by atoms with Gasteiger partial charge in [0.05, 0.1) is 27.7 Å². The number of rotatable bonds is 38. The highest BCUT2D eigenvalue weighted by Gasteiger charge is 2.27. The Morgan fingerprint density at radius 2 is 0.952 bits per heavy atom. The number of phosphoric acid groups is 1. The molecule has 358 valence electrons. The van der Waals surface area contributed by atoms with Crippen molar-refractivity contribution in [2.45, 2.75) is 215 Å². The summed E-state index contributed by atoms with van der Waals surface area (Å²) in [6, 6.07) is 0. The lowest BCUT2D eigenvalue weighted by atomic mass is 10.0. The number of phosphoric ester groups is 1. The minimum atomic E-state index is -4.40. The van der Waals surface area contributed by atoms with Crippen LogP contribution in [0.15, 0.2) is 8.83 Å². The Hall–Kier alpha value is -2.43. The van der Waals surface area contributed by atoms with Gasteiger partial charge < -0.3 is 27.7 Å². The highest BCUT2D eigenvalue weighted by Crippen LogP contribution is 2.43. The topological polar surface area (TPSA) is 135 Å². The van der Waals surface area contributed by atoms with Gasteiger partial charge in [-0.25, -0.2) is 4.57 Å². The number of ether oxygens (including phenoxy) is 2. The zero-order chi connectivity index (χ0) is 45.8. The SMILES string of the molecule is CCCCCc1oc(CCCCCCCCCCC(=O)OCC(COP(=O)(O)OCC[N+](C)(C)C)OC(=O)CCCCCCCCCCc2oc(CCC)c(C)c2C)c(C)c1C. The third kappa shape index (κ3) is 24.6. The number of unbranched alkanes of at least 4 members (excludes halogenated alkanes) is 16. The zero-order valence-corrected chi connectivity index (χ0v) is 41.7. The molecule has 0 aromatic carbocycles. The summed E-state index contributed by atoms with van der Waals surface area (Å²) in [5.41, 5.74) is 5.29. The Labute approximate surface area is 376 Å². The van der Waals surface area contributed by atoms with Gasteiger partial charge in [-0.05, 0) is 88.5 Å². The molecule has 2 rings (SSSR count). The molecule has 2 unspecified atom stereocenters. The number of nitrogens with zero attached hydrogens (tertiary/aromatic N) is 1. The molecule has 0 bridgehead atoms. The Kier molecular flexibility index (Phi) is 28.3. The van der Waals surface area contributed by atoms with Gasteiger partial charge in [0.1, 0.15) is 42.8 Å². The van der Waals surface area contributed by atoms with Gasteiger partial charge in [0, 0.05) is 38.5 Å². The van der Waals surface area contributed by atoms with Crippen molar-refractivity contribution in [2.24, 2.45) is 0 Å². The molecule has 0 saturated heterocycles. The number of furan rings is 2. The van der Waals surface area contributed by atoms with E-state index in [1.54, 1.807) is 0 Å². The molecule has 11 nitrogen and oxygen atoms in total. The van der Waals surface area contributed by atoms with Crippen molar-refractivity contribution in [2.75, 3.05) is 47.5 Å². The van der Waals surface area contributed by atoms with Crippen LogP contribution in [0.5, 0.6) is 0 Å². The monoisotopic (exact) mass is 895 g/mol. The molecule has 2 aromatic heterocycles. The predicted octanol–water partition coefficient (Wildman–Crippen LogP) is 12.9. The van der Waals surface area contributed by atoms with Crippen LogP contribution in [-0.2, 0) is 58.4 Å². The summed E-state index contributed by atoms with van der Waals surface area (Å²) in [4.78, 5) is 35.7. The molecular weight excluding hydrogens is 806 g/mol. The van der Waals surface area contributed by atoms with Crippen molar-refractivity contribution in [3.05, 3.63) is 45.3 Å². The Balaban J connectivity index is 1.64. The summed E-state index contributed by atoms with van der Waals surface area (Å²) < 4.78 is 46.9. The van der Waals surface area contributed by atoms with Crippen LogP contribution in [-0.4, -0.2) is 74.9 Å². The summed E-state index contributed by atoms with van der Waals surface area (Å²) in [7, 11) is 1.44. The number of hydrogen-bond acceptors (Lipinski definition) is 9. The maximum absolute atomic E-state index is 12.8. The lowest BCUT2D eigenvalue weighted by Crippen LogP contribution is -2.37. The van der Waals surface area contributed by atoms with Crippen LogP contribution in [0, 0.1) is 27.7 Å². The number of esters is 2. The molecule has 0 fully saturated rings. The fraction of sp³-hybridized carbons (Fsp3) is 0.800. The average Bonchev–Trinajstić information content (AvgIpc) is 3.64. The highest BCUT2D eigenvalue weighted by molar-refractivity contribution is 7.47. The van der Waals surface area contributed by atoms with Crippen LogP contribution >= 0.6 is 7.82 Å². The van der Waals surface area contributed by atoms with Crippen LogP contribution in [0.1, 0.15) is 200 Å². The summed E-state index contributed by atoms with van der Waals surface area (Å²) in [5.74, 6) is 3.80. The molecule has 12 heteroatoms. The summed E-state index contributed by atoms with van der Waals surface area (Å²) >= 11 is 0. The van der Waals surface area contributed by atoms with Crippen molar-refractivity contribution < 1.29 is 50.9 Å². The first-order valence-electron chi connectivity index (χ1n) is 24.5. The second-order valence-corrected chi connectivity index (χ2v) is 20.1. The van der Waals surface area contributed by atoms with E-state index in [9.17, 15) is 19.0 Å². The van der Waals surface area contributed by atoms with Gasteiger partial charge in [-0.2, -0.15) is 0 Å². The molecule has 0 radical (unpaired) electrons. The van der Waals surface area contributed by atoms with E-state index in [-0.39, 0.29) is 32.0 Å².